The normalized spacial score (nSPS) is 7.88. The summed E-state index contributed by atoms with van der Waals surface area (Å²) in [6, 6.07) is 0. The first-order chi connectivity index (χ1) is 3.46. The molecule has 0 atom stereocenters. The second kappa shape index (κ2) is 7.06. The fraction of sp³-hybridized carbons (Fsp3) is 1.00. The van der Waals surface area contributed by atoms with E-state index in [0.717, 1.165) is 12.6 Å². The van der Waals surface area contributed by atoms with E-state index < -0.39 is 0 Å². The fourth-order valence-electron chi connectivity index (χ4n) is 0. The van der Waals surface area contributed by atoms with Crippen molar-refractivity contribution in [2.75, 3.05) is 0 Å². The molecule has 0 aromatic heterocycles. The zero-order valence-corrected chi connectivity index (χ0v) is 7.15. The average molecular weight is 114 g/mol. The van der Waals surface area contributed by atoms with Crippen molar-refractivity contribution in [2.45, 2.75) is 41.2 Å². The Morgan fingerprint density at radius 2 is 0.875 bits per heavy atom. The van der Waals surface area contributed by atoms with Crippen molar-refractivity contribution in [1.82, 2.24) is 0 Å². The molecule has 0 aromatic carbocycles. The van der Waals surface area contributed by atoms with Crippen LogP contribution in [0, 0.1) is 5.92 Å². The number of hydrogen-bond acceptors (Lipinski definition) is 0. The van der Waals surface area contributed by atoms with Crippen molar-refractivity contribution in [2.24, 2.45) is 5.92 Å². The molecule has 0 radical (unpaired) electrons. The summed E-state index contributed by atoms with van der Waals surface area (Å²) in [7, 11) is 0. The van der Waals surface area contributed by atoms with E-state index in [9.17, 15) is 0 Å². The molecular weight excluding hydrogens is 94.9 g/mol. The lowest BCUT2D eigenvalue weighted by molar-refractivity contribution is 0.737. The van der Waals surface area contributed by atoms with Crippen LogP contribution in [0.15, 0.2) is 0 Å². The van der Waals surface area contributed by atoms with Crippen LogP contribution in [0.3, 0.4) is 0 Å². The molecule has 50 valence electrons. The van der Waals surface area contributed by atoms with E-state index in [0.29, 0.717) is 0 Å². The molecule has 0 aliphatic carbocycles. The standard InChI is InChI=1S/C4H10.C3H9B/c2*1-4(2)3/h4H,1-3H3;1-3H3. The molecular formula is C7H19B. The van der Waals surface area contributed by atoms with Crippen molar-refractivity contribution in [1.29, 1.82) is 0 Å². The van der Waals surface area contributed by atoms with E-state index in [-0.39, 0.29) is 0 Å². The molecule has 0 amide bonds. The Bertz CT molecular complexity index is 19.9. The lowest BCUT2D eigenvalue weighted by Gasteiger charge is -1.79. The molecule has 1 heteroatoms. The summed E-state index contributed by atoms with van der Waals surface area (Å²) >= 11 is 0. The van der Waals surface area contributed by atoms with Gasteiger partial charge in [-0.05, 0) is 5.92 Å². The van der Waals surface area contributed by atoms with Crippen molar-refractivity contribution in [3.63, 3.8) is 0 Å². The molecule has 0 saturated heterocycles. The lowest BCUT2D eigenvalue weighted by Crippen LogP contribution is -1.84. The van der Waals surface area contributed by atoms with Crippen LogP contribution in [-0.4, -0.2) is 6.71 Å². The second-order valence-corrected chi connectivity index (χ2v) is 3.46. The monoisotopic (exact) mass is 114 g/mol. The highest BCUT2D eigenvalue weighted by Crippen LogP contribution is 1.81. The van der Waals surface area contributed by atoms with Gasteiger partial charge in [-0.1, -0.05) is 41.2 Å². The van der Waals surface area contributed by atoms with Crippen molar-refractivity contribution in [3.8, 4) is 0 Å². The summed E-state index contributed by atoms with van der Waals surface area (Å²) in [5.74, 6) is 0.833. The average Bonchev–Trinajstić information content (AvgIpc) is 1.25. The maximum absolute atomic E-state index is 2.17. The predicted octanol–water partition coefficient (Wildman–Crippen LogP) is 3.03. The van der Waals surface area contributed by atoms with Gasteiger partial charge >= 0.3 is 0 Å². The molecule has 8 heavy (non-hydrogen) atoms. The first kappa shape index (κ1) is 10.9. The Balaban J connectivity index is 0. The third-order valence-corrected chi connectivity index (χ3v) is 0. The molecule has 0 unspecified atom stereocenters. The summed E-state index contributed by atoms with van der Waals surface area (Å²) in [6.45, 7) is 13.8. The van der Waals surface area contributed by atoms with Crippen molar-refractivity contribution >= 4 is 6.71 Å². The van der Waals surface area contributed by atoms with Crippen LogP contribution >= 0.6 is 0 Å². The van der Waals surface area contributed by atoms with E-state index in [1.54, 1.807) is 0 Å². The van der Waals surface area contributed by atoms with Gasteiger partial charge in [-0.3, -0.25) is 0 Å². The number of hydrogen-bond donors (Lipinski definition) is 0. The minimum absolute atomic E-state index is 0.833. The minimum atomic E-state index is 0.833. The van der Waals surface area contributed by atoms with Gasteiger partial charge in [0.15, 0.2) is 0 Å². The zero-order chi connectivity index (χ0) is 7.15. The van der Waals surface area contributed by atoms with Crippen LogP contribution < -0.4 is 0 Å². The van der Waals surface area contributed by atoms with Crippen LogP contribution in [0.25, 0.3) is 0 Å². The minimum Gasteiger partial charge on any atom is -0.0865 e. The van der Waals surface area contributed by atoms with E-state index in [1.807, 2.05) is 0 Å². The van der Waals surface area contributed by atoms with E-state index in [1.165, 1.54) is 0 Å². The quantitative estimate of drug-likeness (QED) is 0.424. The second-order valence-electron chi connectivity index (χ2n) is 3.46. The van der Waals surface area contributed by atoms with Crippen LogP contribution in [-0.2, 0) is 0 Å². The molecule has 0 aromatic rings. The summed E-state index contributed by atoms with van der Waals surface area (Å²) < 4.78 is 0. The van der Waals surface area contributed by atoms with Crippen LogP contribution in [0.2, 0.25) is 20.5 Å². The van der Waals surface area contributed by atoms with Crippen LogP contribution in [0.5, 0.6) is 0 Å². The maximum atomic E-state index is 2.17. The Morgan fingerprint density at radius 3 is 0.875 bits per heavy atom. The fourth-order valence-corrected chi connectivity index (χ4v) is 0. The highest BCUT2D eigenvalue weighted by molar-refractivity contribution is 6.54. The van der Waals surface area contributed by atoms with Gasteiger partial charge in [-0.2, -0.15) is 0 Å². The molecule has 0 heterocycles. The van der Waals surface area contributed by atoms with Gasteiger partial charge in [0, 0.05) is 0 Å². The Hall–Kier alpha value is 0.0649. The largest absolute Gasteiger partial charge is 0.130 e. The molecule has 0 aliphatic heterocycles. The number of rotatable bonds is 0. The van der Waals surface area contributed by atoms with Gasteiger partial charge < -0.3 is 0 Å². The van der Waals surface area contributed by atoms with Gasteiger partial charge in [0.2, 0.25) is 0 Å². The molecule has 0 spiro atoms. The van der Waals surface area contributed by atoms with E-state index in [4.69, 9.17) is 0 Å². The predicted molar refractivity (Wildman–Crippen MR) is 43.9 cm³/mol. The van der Waals surface area contributed by atoms with Gasteiger partial charge in [-0.15, -0.1) is 0 Å². The smallest absolute Gasteiger partial charge is 0.0865 e. The van der Waals surface area contributed by atoms with Crippen molar-refractivity contribution < 1.29 is 0 Å². The van der Waals surface area contributed by atoms with Crippen LogP contribution in [0.4, 0.5) is 0 Å². The highest BCUT2D eigenvalue weighted by atomic mass is 13.7. The first-order valence-corrected chi connectivity index (χ1v) is 3.46. The molecule has 0 fully saturated rings. The first-order valence-electron chi connectivity index (χ1n) is 3.46. The summed E-state index contributed by atoms with van der Waals surface area (Å²) in [6.07, 6.45) is 0. The molecule has 0 aliphatic rings. The zero-order valence-electron chi connectivity index (χ0n) is 7.15. The van der Waals surface area contributed by atoms with E-state index >= 15 is 0 Å². The van der Waals surface area contributed by atoms with E-state index in [2.05, 4.69) is 41.2 Å². The molecule has 0 bridgehead atoms. The van der Waals surface area contributed by atoms with Gasteiger partial charge in [0.25, 0.3) is 0 Å². The summed E-state index contributed by atoms with van der Waals surface area (Å²) in [4.78, 5) is 0. The highest BCUT2D eigenvalue weighted by Gasteiger charge is 1.76. The van der Waals surface area contributed by atoms with Crippen molar-refractivity contribution in [3.05, 3.63) is 0 Å². The Kier molecular flexibility index (Phi) is 9.66. The third kappa shape index (κ3) is 36900. The lowest BCUT2D eigenvalue weighted by atomic mass is 9.58. The van der Waals surface area contributed by atoms with Gasteiger partial charge in [-0.25, -0.2) is 0 Å². The molecule has 0 saturated carbocycles. The topological polar surface area (TPSA) is 0 Å². The molecule has 0 nitrogen and oxygen atoms in total. The van der Waals surface area contributed by atoms with Crippen LogP contribution in [0.1, 0.15) is 20.8 Å². The Labute approximate surface area is 54.8 Å². The summed E-state index contributed by atoms with van der Waals surface area (Å²) in [5.41, 5.74) is 0. The maximum Gasteiger partial charge on any atom is 0.130 e. The molecule has 0 N–H and O–H groups in total. The molecule has 0 rings (SSSR count). The summed E-state index contributed by atoms with van der Waals surface area (Å²) in [5, 5.41) is 0. The third-order valence-electron chi connectivity index (χ3n) is 0. The van der Waals surface area contributed by atoms with Gasteiger partial charge in [0.05, 0.1) is 0 Å². The SMILES string of the molecule is CB(C)C.CC(C)C. The van der Waals surface area contributed by atoms with Gasteiger partial charge in [0.1, 0.15) is 6.71 Å². The Morgan fingerprint density at radius 1 is 0.875 bits per heavy atom.